The van der Waals surface area contributed by atoms with E-state index < -0.39 is 9.84 Å². The Bertz CT molecular complexity index is 782. The number of hydrogen-bond donors (Lipinski definition) is 1. The molecule has 2 aromatic carbocycles. The van der Waals surface area contributed by atoms with Crippen molar-refractivity contribution in [3.63, 3.8) is 0 Å². The molecule has 0 aliphatic carbocycles. The molecule has 0 aliphatic heterocycles. The maximum atomic E-state index is 12.1. The van der Waals surface area contributed by atoms with Crippen molar-refractivity contribution in [3.8, 4) is 5.75 Å². The lowest BCUT2D eigenvalue weighted by Crippen LogP contribution is -2.25. The summed E-state index contributed by atoms with van der Waals surface area (Å²) >= 11 is 0. The summed E-state index contributed by atoms with van der Waals surface area (Å²) in [6.07, 6.45) is 1.80. The van der Waals surface area contributed by atoms with E-state index in [0.29, 0.717) is 18.5 Å². The Morgan fingerprint density at radius 1 is 1.13 bits per heavy atom. The molecule has 0 aliphatic rings. The molecule has 0 fully saturated rings. The Balaban J connectivity index is 1.94. The maximum absolute atomic E-state index is 12.1. The first-order chi connectivity index (χ1) is 10.9. The van der Waals surface area contributed by atoms with Crippen molar-refractivity contribution in [2.75, 3.05) is 19.9 Å². The Labute approximate surface area is 136 Å². The normalized spacial score (nSPS) is 11.0. The van der Waals surface area contributed by atoms with Gasteiger partial charge in [0.25, 0.3) is 5.91 Å². The molecule has 0 atom stereocenters. The second-order valence-electron chi connectivity index (χ2n) is 5.15. The molecule has 0 aromatic heterocycles. The zero-order chi connectivity index (χ0) is 16.9. The summed E-state index contributed by atoms with van der Waals surface area (Å²) in [5.74, 6) is 0.499. The van der Waals surface area contributed by atoms with E-state index in [4.69, 9.17) is 4.74 Å². The Morgan fingerprint density at radius 2 is 1.83 bits per heavy atom. The summed E-state index contributed by atoms with van der Waals surface area (Å²) in [6, 6.07) is 13.6. The van der Waals surface area contributed by atoms with Crippen LogP contribution in [-0.2, 0) is 16.3 Å². The highest BCUT2D eigenvalue weighted by Gasteiger charge is 2.11. The second kappa shape index (κ2) is 7.28. The first-order valence-corrected chi connectivity index (χ1v) is 9.00. The van der Waals surface area contributed by atoms with Crippen molar-refractivity contribution in [1.29, 1.82) is 0 Å². The van der Waals surface area contributed by atoms with E-state index in [1.807, 2.05) is 24.3 Å². The molecule has 0 unspecified atom stereocenters. The van der Waals surface area contributed by atoms with Gasteiger partial charge >= 0.3 is 0 Å². The Morgan fingerprint density at radius 3 is 2.43 bits per heavy atom. The number of nitrogens with one attached hydrogen (secondary N) is 1. The summed E-state index contributed by atoms with van der Waals surface area (Å²) in [4.78, 5) is 12.2. The van der Waals surface area contributed by atoms with E-state index in [2.05, 4.69) is 5.32 Å². The van der Waals surface area contributed by atoms with Crippen molar-refractivity contribution < 1.29 is 17.9 Å². The van der Waals surface area contributed by atoms with Gasteiger partial charge in [0.1, 0.15) is 5.75 Å². The second-order valence-corrected chi connectivity index (χ2v) is 7.17. The van der Waals surface area contributed by atoms with E-state index in [0.717, 1.165) is 17.6 Å². The van der Waals surface area contributed by atoms with E-state index >= 15 is 0 Å². The lowest BCUT2D eigenvalue weighted by molar-refractivity contribution is 0.0954. The molecule has 1 N–H and O–H groups in total. The fourth-order valence-corrected chi connectivity index (χ4v) is 2.75. The third kappa shape index (κ3) is 4.82. The van der Waals surface area contributed by atoms with Gasteiger partial charge in [-0.3, -0.25) is 4.79 Å². The number of carbonyl (C=O) groups excluding carboxylic acids is 1. The molecule has 2 aromatic rings. The highest BCUT2D eigenvalue weighted by molar-refractivity contribution is 7.90. The van der Waals surface area contributed by atoms with Crippen LogP contribution in [0, 0.1) is 0 Å². The van der Waals surface area contributed by atoms with Crippen LogP contribution in [0.5, 0.6) is 5.75 Å². The molecular formula is C17H19NO4S. The monoisotopic (exact) mass is 333 g/mol. The number of benzene rings is 2. The smallest absolute Gasteiger partial charge is 0.251 e. The number of sulfone groups is 1. The summed E-state index contributed by atoms with van der Waals surface area (Å²) in [6.45, 7) is 0.467. The van der Waals surface area contributed by atoms with Crippen LogP contribution in [0.3, 0.4) is 0 Å². The number of rotatable bonds is 6. The van der Waals surface area contributed by atoms with Crippen molar-refractivity contribution >= 4 is 15.7 Å². The van der Waals surface area contributed by atoms with Crippen LogP contribution < -0.4 is 10.1 Å². The number of hydrogen-bond acceptors (Lipinski definition) is 4. The standard InChI is InChI=1S/C17H19NO4S/c1-22-15-8-6-13(7-9-15)10-11-18-17(19)14-4-3-5-16(12-14)23(2,20)21/h3-9,12H,10-11H2,1-2H3,(H,18,19). The number of carbonyl (C=O) groups is 1. The first-order valence-electron chi connectivity index (χ1n) is 7.11. The molecule has 0 saturated carbocycles. The lowest BCUT2D eigenvalue weighted by atomic mass is 10.1. The number of ether oxygens (including phenoxy) is 1. The minimum absolute atomic E-state index is 0.139. The van der Waals surface area contributed by atoms with Crippen LogP contribution in [-0.4, -0.2) is 34.2 Å². The fourth-order valence-electron chi connectivity index (χ4n) is 2.08. The van der Waals surface area contributed by atoms with Gasteiger partial charge in [-0.2, -0.15) is 0 Å². The van der Waals surface area contributed by atoms with Crippen molar-refractivity contribution in [3.05, 3.63) is 59.7 Å². The molecule has 5 nitrogen and oxygen atoms in total. The Hall–Kier alpha value is -2.34. The summed E-state index contributed by atoms with van der Waals surface area (Å²) in [5.41, 5.74) is 1.42. The minimum atomic E-state index is -3.32. The number of methoxy groups -OCH3 is 1. The van der Waals surface area contributed by atoms with Gasteiger partial charge in [0.05, 0.1) is 12.0 Å². The zero-order valence-electron chi connectivity index (χ0n) is 13.1. The molecule has 0 bridgehead atoms. The molecule has 0 radical (unpaired) electrons. The lowest BCUT2D eigenvalue weighted by Gasteiger charge is -2.07. The highest BCUT2D eigenvalue weighted by atomic mass is 32.2. The first kappa shape index (κ1) is 17.0. The molecule has 0 saturated heterocycles. The van der Waals surface area contributed by atoms with Crippen LogP contribution in [0.2, 0.25) is 0 Å². The molecule has 122 valence electrons. The summed E-state index contributed by atoms with van der Waals surface area (Å²) in [7, 11) is -1.71. The number of amides is 1. The molecule has 0 spiro atoms. The SMILES string of the molecule is COc1ccc(CCNC(=O)c2cccc(S(C)(=O)=O)c2)cc1. The van der Waals surface area contributed by atoms with Crippen molar-refractivity contribution in [1.82, 2.24) is 5.32 Å². The summed E-state index contributed by atoms with van der Waals surface area (Å²) in [5, 5.41) is 2.79. The van der Waals surface area contributed by atoms with Crippen LogP contribution in [0.15, 0.2) is 53.4 Å². The van der Waals surface area contributed by atoms with Gasteiger partial charge in [0.2, 0.25) is 0 Å². The molecule has 6 heteroatoms. The molecule has 23 heavy (non-hydrogen) atoms. The maximum Gasteiger partial charge on any atom is 0.251 e. The van der Waals surface area contributed by atoms with Crippen LogP contribution >= 0.6 is 0 Å². The molecule has 1 amide bonds. The van der Waals surface area contributed by atoms with Gasteiger partial charge in [0, 0.05) is 18.4 Å². The largest absolute Gasteiger partial charge is 0.497 e. The average Bonchev–Trinajstić information content (AvgIpc) is 2.54. The van der Waals surface area contributed by atoms with Crippen LogP contribution in [0.1, 0.15) is 15.9 Å². The van der Waals surface area contributed by atoms with Gasteiger partial charge < -0.3 is 10.1 Å². The van der Waals surface area contributed by atoms with Gasteiger partial charge in [-0.1, -0.05) is 18.2 Å². The molecular weight excluding hydrogens is 314 g/mol. The van der Waals surface area contributed by atoms with Crippen molar-refractivity contribution in [2.24, 2.45) is 0 Å². The third-order valence-corrected chi connectivity index (χ3v) is 4.49. The van der Waals surface area contributed by atoms with Gasteiger partial charge in [-0.25, -0.2) is 8.42 Å². The van der Waals surface area contributed by atoms with E-state index in [-0.39, 0.29) is 10.8 Å². The topological polar surface area (TPSA) is 72.5 Å². The predicted molar refractivity (Wildman–Crippen MR) is 88.6 cm³/mol. The summed E-state index contributed by atoms with van der Waals surface area (Å²) < 4.78 is 28.1. The van der Waals surface area contributed by atoms with Crippen LogP contribution in [0.25, 0.3) is 0 Å². The van der Waals surface area contributed by atoms with Gasteiger partial charge in [-0.15, -0.1) is 0 Å². The predicted octanol–water partition coefficient (Wildman–Crippen LogP) is 2.07. The zero-order valence-corrected chi connectivity index (χ0v) is 13.9. The third-order valence-electron chi connectivity index (χ3n) is 3.38. The van der Waals surface area contributed by atoms with E-state index in [1.165, 1.54) is 12.1 Å². The average molecular weight is 333 g/mol. The van der Waals surface area contributed by atoms with Gasteiger partial charge in [-0.05, 0) is 42.3 Å². The Kier molecular flexibility index (Phi) is 5.39. The van der Waals surface area contributed by atoms with E-state index in [9.17, 15) is 13.2 Å². The van der Waals surface area contributed by atoms with Crippen molar-refractivity contribution in [2.45, 2.75) is 11.3 Å². The fraction of sp³-hybridized carbons (Fsp3) is 0.235. The van der Waals surface area contributed by atoms with Gasteiger partial charge in [0.15, 0.2) is 9.84 Å². The molecule has 0 heterocycles. The molecule has 2 rings (SSSR count). The quantitative estimate of drug-likeness (QED) is 0.878. The van der Waals surface area contributed by atoms with E-state index in [1.54, 1.807) is 19.2 Å². The minimum Gasteiger partial charge on any atom is -0.497 e. The highest BCUT2D eigenvalue weighted by Crippen LogP contribution is 2.12. The van der Waals surface area contributed by atoms with Crippen LogP contribution in [0.4, 0.5) is 0 Å².